The van der Waals surface area contributed by atoms with Gasteiger partial charge in [-0.05, 0) is 0 Å². The number of hydrogen-bond donors (Lipinski definition) is 0. The van der Waals surface area contributed by atoms with Crippen LogP contribution in [0.1, 0.15) is 0 Å². The smallest absolute Gasteiger partial charge is 0.316 e. The fraction of sp³-hybridized carbons (Fsp3) is 0.800. The molecule has 80 valence electrons. The molecule has 0 unspecified atom stereocenters. The first-order chi connectivity index (χ1) is 7.18. The zero-order valence-corrected chi connectivity index (χ0v) is 8.35. The topological polar surface area (TPSA) is 61.8 Å². The molecule has 5 heteroatoms. The van der Waals surface area contributed by atoms with Gasteiger partial charge in [-0.1, -0.05) is 0 Å². The molecular weight excluding hydrogens is 200 g/mol. The van der Waals surface area contributed by atoms with E-state index < -0.39 is 10.8 Å². The Morgan fingerprint density at radius 3 is 1.67 bits per heavy atom. The van der Waals surface area contributed by atoms with Crippen molar-refractivity contribution in [1.82, 2.24) is 0 Å². The first kappa shape index (κ1) is 8.10. The minimum Gasteiger partial charge on any atom is -0.468 e. The summed E-state index contributed by atoms with van der Waals surface area (Å²) in [6, 6.07) is 0. The quantitative estimate of drug-likeness (QED) is 0.566. The number of rotatable bonds is 2. The monoisotopic (exact) mass is 210 g/mol. The van der Waals surface area contributed by atoms with E-state index in [4.69, 9.17) is 14.2 Å². The van der Waals surface area contributed by atoms with Gasteiger partial charge in [-0.15, -0.1) is 0 Å². The van der Waals surface area contributed by atoms with Crippen LogP contribution in [0.3, 0.4) is 0 Å². The van der Waals surface area contributed by atoms with Crippen molar-refractivity contribution in [2.75, 3.05) is 14.2 Å². The second-order valence-corrected chi connectivity index (χ2v) is 4.75. The largest absolute Gasteiger partial charge is 0.468 e. The number of hydrogen-bond acceptors (Lipinski definition) is 5. The van der Waals surface area contributed by atoms with Gasteiger partial charge < -0.3 is 14.2 Å². The van der Waals surface area contributed by atoms with E-state index >= 15 is 0 Å². The Hall–Kier alpha value is -1.10. The molecule has 5 nitrogen and oxygen atoms in total. The molecule has 3 aliphatic carbocycles. The van der Waals surface area contributed by atoms with E-state index in [1.54, 1.807) is 0 Å². The average molecular weight is 210 g/mol. The molecule has 5 aliphatic rings. The van der Waals surface area contributed by atoms with Crippen LogP contribution in [0.15, 0.2) is 0 Å². The van der Waals surface area contributed by atoms with Gasteiger partial charge in [0.15, 0.2) is 0 Å². The molecule has 0 radical (unpaired) electrons. The molecule has 5 rings (SSSR count). The van der Waals surface area contributed by atoms with Gasteiger partial charge in [0.1, 0.15) is 10.8 Å². The van der Waals surface area contributed by atoms with Gasteiger partial charge in [0.25, 0.3) is 0 Å². The molecule has 15 heavy (non-hydrogen) atoms. The predicted octanol–water partition coefficient (Wildman–Crippen LogP) is -0.654. The first-order valence-electron chi connectivity index (χ1n) is 5.01. The van der Waals surface area contributed by atoms with Gasteiger partial charge in [-0.2, -0.15) is 0 Å². The predicted molar refractivity (Wildman–Crippen MR) is 44.5 cm³/mol. The van der Waals surface area contributed by atoms with Gasteiger partial charge in [0, 0.05) is 11.8 Å². The van der Waals surface area contributed by atoms with Crippen LogP contribution >= 0.6 is 0 Å². The fourth-order valence-electron chi connectivity index (χ4n) is 4.35. The lowest BCUT2D eigenvalue weighted by Gasteiger charge is -2.29. The van der Waals surface area contributed by atoms with Crippen LogP contribution in [0.5, 0.6) is 0 Å². The highest BCUT2D eigenvalue weighted by molar-refractivity contribution is 6.02. The van der Waals surface area contributed by atoms with Crippen molar-refractivity contribution >= 4 is 11.9 Å². The Balaban J connectivity index is 1.81. The van der Waals surface area contributed by atoms with E-state index in [1.807, 2.05) is 0 Å². The Morgan fingerprint density at radius 1 is 1.00 bits per heavy atom. The van der Waals surface area contributed by atoms with Crippen molar-refractivity contribution in [3.8, 4) is 0 Å². The summed E-state index contributed by atoms with van der Waals surface area (Å²) in [5.74, 6) is -0.179. The van der Waals surface area contributed by atoms with Crippen molar-refractivity contribution < 1.29 is 23.8 Å². The third-order valence-electron chi connectivity index (χ3n) is 4.79. The molecule has 2 aliphatic heterocycles. The van der Waals surface area contributed by atoms with E-state index in [0.717, 1.165) is 0 Å². The van der Waals surface area contributed by atoms with Crippen molar-refractivity contribution in [3.05, 3.63) is 0 Å². The highest BCUT2D eigenvalue weighted by atomic mass is 16.6. The van der Waals surface area contributed by atoms with Gasteiger partial charge in [-0.3, -0.25) is 9.59 Å². The highest BCUT2D eigenvalue weighted by Gasteiger charge is 3.12. The molecule has 5 fully saturated rings. The minimum absolute atomic E-state index is 0.0842. The second-order valence-electron chi connectivity index (χ2n) is 4.75. The van der Waals surface area contributed by atoms with Gasteiger partial charge >= 0.3 is 11.9 Å². The molecule has 6 atom stereocenters. The number of ether oxygens (including phenoxy) is 3. The molecule has 2 saturated heterocycles. The summed E-state index contributed by atoms with van der Waals surface area (Å²) in [7, 11) is 2.70. The number of carbonyl (C=O) groups excluding carboxylic acids is 2. The second kappa shape index (κ2) is 1.80. The minimum atomic E-state index is -0.676. The fourth-order valence-corrected chi connectivity index (χ4v) is 4.35. The zero-order chi connectivity index (χ0) is 10.6. The van der Waals surface area contributed by atoms with Crippen LogP contribution in [0.25, 0.3) is 0 Å². The SMILES string of the molecule is COC(=O)[C@]12[C@H]3[C@@H]4[C@@H](O[C@@H]31)[C@@]42C(=O)OC. The lowest BCUT2D eigenvalue weighted by Crippen LogP contribution is -2.45. The van der Waals surface area contributed by atoms with E-state index in [-0.39, 0.29) is 36.0 Å². The van der Waals surface area contributed by atoms with Gasteiger partial charge in [0.05, 0.1) is 26.4 Å². The summed E-state index contributed by atoms with van der Waals surface area (Å²) < 4.78 is 15.2. The number of methoxy groups -OCH3 is 2. The maximum Gasteiger partial charge on any atom is 0.316 e. The molecule has 0 aromatic heterocycles. The molecule has 2 heterocycles. The first-order valence-corrected chi connectivity index (χ1v) is 5.01. The van der Waals surface area contributed by atoms with Crippen LogP contribution in [0, 0.1) is 22.7 Å². The summed E-state index contributed by atoms with van der Waals surface area (Å²) in [4.78, 5) is 23.5. The summed E-state index contributed by atoms with van der Waals surface area (Å²) in [6.45, 7) is 0. The standard InChI is InChI=1S/C10H10O5/c1-13-7(11)9-3-4-6(15-5(3)9)10(4,9)8(12)14-2/h3-6H,1-2H3/t3-,4+,5-,6+,9-,10+. The molecule has 0 N–H and O–H groups in total. The van der Waals surface area contributed by atoms with Crippen molar-refractivity contribution in [3.63, 3.8) is 0 Å². The lowest BCUT2D eigenvalue weighted by molar-refractivity contribution is -0.168. The van der Waals surface area contributed by atoms with Crippen molar-refractivity contribution in [2.45, 2.75) is 12.2 Å². The summed E-state index contributed by atoms with van der Waals surface area (Å²) in [5, 5.41) is 0. The normalized spacial score (nSPS) is 60.1. The Morgan fingerprint density at radius 2 is 1.40 bits per heavy atom. The molecule has 3 saturated carbocycles. The zero-order valence-electron chi connectivity index (χ0n) is 8.35. The van der Waals surface area contributed by atoms with Crippen molar-refractivity contribution in [2.24, 2.45) is 22.7 Å². The average Bonchev–Trinajstić information content (AvgIpc) is 2.88. The van der Waals surface area contributed by atoms with Crippen molar-refractivity contribution in [1.29, 1.82) is 0 Å². The molecule has 0 amide bonds. The van der Waals surface area contributed by atoms with E-state index in [0.29, 0.717) is 0 Å². The molecular formula is C10H10O5. The molecule has 0 spiro atoms. The summed E-state index contributed by atoms with van der Waals surface area (Å²) in [6.07, 6.45) is -0.168. The van der Waals surface area contributed by atoms with Crippen LogP contribution < -0.4 is 0 Å². The van der Waals surface area contributed by atoms with E-state index in [2.05, 4.69) is 0 Å². The molecule has 0 aromatic rings. The highest BCUT2D eigenvalue weighted by Crippen LogP contribution is 2.99. The maximum absolute atomic E-state index is 11.7. The van der Waals surface area contributed by atoms with Crippen LogP contribution in [0.4, 0.5) is 0 Å². The van der Waals surface area contributed by atoms with Crippen LogP contribution in [-0.4, -0.2) is 38.4 Å². The summed E-state index contributed by atoms with van der Waals surface area (Å²) in [5.41, 5.74) is -1.35. The lowest BCUT2D eigenvalue weighted by atomic mass is 9.72. The molecule has 0 aromatic carbocycles. The number of carbonyl (C=O) groups is 2. The summed E-state index contributed by atoms with van der Waals surface area (Å²) >= 11 is 0. The Bertz CT molecular complexity index is 363. The molecule has 2 bridgehead atoms. The third kappa shape index (κ3) is 0.427. The van der Waals surface area contributed by atoms with Crippen LogP contribution in [-0.2, 0) is 23.8 Å². The van der Waals surface area contributed by atoms with Crippen LogP contribution in [0.2, 0.25) is 0 Å². The van der Waals surface area contributed by atoms with E-state index in [1.165, 1.54) is 14.2 Å². The van der Waals surface area contributed by atoms with E-state index in [9.17, 15) is 9.59 Å². The Labute approximate surface area is 85.7 Å². The van der Waals surface area contributed by atoms with Gasteiger partial charge in [0.2, 0.25) is 0 Å². The number of esters is 2. The Kier molecular flexibility index (Phi) is 0.969. The maximum atomic E-state index is 11.7. The van der Waals surface area contributed by atoms with Gasteiger partial charge in [-0.25, -0.2) is 0 Å². The third-order valence-corrected chi connectivity index (χ3v) is 4.79.